The Hall–Kier alpha value is -1.08. The lowest BCUT2D eigenvalue weighted by Crippen LogP contribution is -2.13. The molecule has 0 bridgehead atoms. The first-order chi connectivity index (χ1) is 9.42. The van der Waals surface area contributed by atoms with Gasteiger partial charge in [0, 0.05) is 15.2 Å². The molecule has 0 fully saturated rings. The summed E-state index contributed by atoms with van der Waals surface area (Å²) in [7, 11) is -3.71. The molecule has 0 atom stereocenters. The molecule has 0 heterocycles. The number of hydrogen-bond acceptors (Lipinski definition) is 3. The second-order valence-corrected chi connectivity index (χ2v) is 7.03. The van der Waals surface area contributed by atoms with Crippen molar-refractivity contribution >= 4 is 43.2 Å². The Labute approximate surface area is 130 Å². The van der Waals surface area contributed by atoms with E-state index in [0.717, 1.165) is 4.47 Å². The summed E-state index contributed by atoms with van der Waals surface area (Å²) < 4.78 is 27.7. The Morgan fingerprint density at radius 2 is 1.95 bits per heavy atom. The molecule has 0 saturated carbocycles. The van der Waals surface area contributed by atoms with Crippen molar-refractivity contribution < 1.29 is 13.5 Å². The van der Waals surface area contributed by atoms with Gasteiger partial charge in [0.1, 0.15) is 0 Å². The molecule has 0 aromatic heterocycles. The highest BCUT2D eigenvalue weighted by molar-refractivity contribution is 9.10. The van der Waals surface area contributed by atoms with Crippen LogP contribution >= 0.6 is 27.5 Å². The number of sulfonamides is 1. The van der Waals surface area contributed by atoms with Crippen LogP contribution in [0.1, 0.15) is 5.56 Å². The van der Waals surface area contributed by atoms with Crippen LogP contribution in [-0.4, -0.2) is 13.5 Å². The number of aliphatic hydroxyl groups is 1. The lowest BCUT2D eigenvalue weighted by molar-refractivity contribution is 0.282. The number of benzene rings is 2. The van der Waals surface area contributed by atoms with Crippen LogP contribution in [0.3, 0.4) is 0 Å². The maximum absolute atomic E-state index is 12.2. The summed E-state index contributed by atoms with van der Waals surface area (Å²) in [6.45, 7) is -0.238. The van der Waals surface area contributed by atoms with Crippen LogP contribution in [0.5, 0.6) is 0 Å². The molecule has 2 N–H and O–H groups in total. The summed E-state index contributed by atoms with van der Waals surface area (Å²) in [6.07, 6.45) is 0. The van der Waals surface area contributed by atoms with Gasteiger partial charge in [-0.1, -0.05) is 39.7 Å². The lowest BCUT2D eigenvalue weighted by Gasteiger charge is -2.09. The minimum absolute atomic E-state index is 0.0414. The van der Waals surface area contributed by atoms with E-state index < -0.39 is 10.0 Å². The predicted molar refractivity (Wildman–Crippen MR) is 82.3 cm³/mol. The molecule has 106 valence electrons. The molecule has 2 aromatic carbocycles. The summed E-state index contributed by atoms with van der Waals surface area (Å²) in [5.74, 6) is 0. The summed E-state index contributed by atoms with van der Waals surface area (Å²) in [5.41, 5.74) is 0.926. The van der Waals surface area contributed by atoms with Crippen LogP contribution in [0.2, 0.25) is 5.02 Å². The van der Waals surface area contributed by atoms with Crippen LogP contribution in [0, 0.1) is 0 Å². The van der Waals surface area contributed by atoms with E-state index >= 15 is 0 Å². The van der Waals surface area contributed by atoms with E-state index in [4.69, 9.17) is 16.7 Å². The van der Waals surface area contributed by atoms with Gasteiger partial charge in [0.25, 0.3) is 10.0 Å². The Balaban J connectivity index is 2.33. The van der Waals surface area contributed by atoms with Crippen molar-refractivity contribution in [3.8, 4) is 0 Å². The van der Waals surface area contributed by atoms with Gasteiger partial charge in [-0.2, -0.15) is 0 Å². The Bertz CT molecular complexity index is 734. The topological polar surface area (TPSA) is 66.4 Å². The fraction of sp³-hybridized carbons (Fsp3) is 0.0769. The highest BCUT2D eigenvalue weighted by Crippen LogP contribution is 2.24. The van der Waals surface area contributed by atoms with Crippen molar-refractivity contribution in [1.29, 1.82) is 0 Å². The average Bonchev–Trinajstić information content (AvgIpc) is 2.38. The molecular weight excluding hydrogens is 366 g/mol. The van der Waals surface area contributed by atoms with Gasteiger partial charge < -0.3 is 5.11 Å². The molecule has 4 nitrogen and oxygen atoms in total. The molecule has 0 spiro atoms. The maximum Gasteiger partial charge on any atom is 0.261 e. The molecule has 0 amide bonds. The van der Waals surface area contributed by atoms with E-state index in [1.807, 2.05) is 0 Å². The number of nitrogens with one attached hydrogen (secondary N) is 1. The van der Waals surface area contributed by atoms with Gasteiger partial charge in [-0.3, -0.25) is 4.72 Å². The largest absolute Gasteiger partial charge is 0.392 e. The number of halogens is 2. The van der Waals surface area contributed by atoms with Crippen LogP contribution in [0.15, 0.2) is 51.8 Å². The molecule has 20 heavy (non-hydrogen) atoms. The van der Waals surface area contributed by atoms with Gasteiger partial charge in [0.2, 0.25) is 0 Å². The van der Waals surface area contributed by atoms with Gasteiger partial charge >= 0.3 is 0 Å². The number of rotatable bonds is 4. The molecular formula is C13H11BrClNO3S. The summed E-state index contributed by atoms with van der Waals surface area (Å²) in [6, 6.07) is 11.0. The maximum atomic E-state index is 12.2. The summed E-state index contributed by atoms with van der Waals surface area (Å²) in [5, 5.41) is 9.24. The zero-order valence-corrected chi connectivity index (χ0v) is 13.3. The standard InChI is InChI=1S/C13H11BrClNO3S/c14-10-2-1-3-11(6-10)16-20(18,19)12-5-4-9(8-17)13(15)7-12/h1-7,16-17H,8H2. The Morgan fingerprint density at radius 3 is 2.55 bits per heavy atom. The van der Waals surface area contributed by atoms with Gasteiger partial charge in [-0.25, -0.2) is 8.42 Å². The van der Waals surface area contributed by atoms with Crippen molar-refractivity contribution in [3.05, 3.63) is 57.5 Å². The third kappa shape index (κ3) is 3.52. The van der Waals surface area contributed by atoms with Crippen molar-refractivity contribution in [2.75, 3.05) is 4.72 Å². The van der Waals surface area contributed by atoms with Gasteiger partial charge in [0.15, 0.2) is 0 Å². The quantitative estimate of drug-likeness (QED) is 0.859. The number of aliphatic hydroxyl groups excluding tert-OH is 1. The second kappa shape index (κ2) is 6.13. The van der Waals surface area contributed by atoms with Gasteiger partial charge in [0.05, 0.1) is 11.5 Å². The normalized spacial score (nSPS) is 11.3. The van der Waals surface area contributed by atoms with Crippen molar-refractivity contribution in [2.45, 2.75) is 11.5 Å². The zero-order chi connectivity index (χ0) is 14.8. The van der Waals surface area contributed by atoms with Gasteiger partial charge in [-0.05, 0) is 35.9 Å². The van der Waals surface area contributed by atoms with Crippen LogP contribution in [0.4, 0.5) is 5.69 Å². The third-order valence-corrected chi connectivity index (χ3v) is 4.81. The molecule has 7 heteroatoms. The van der Waals surface area contributed by atoms with E-state index in [-0.39, 0.29) is 16.5 Å². The third-order valence-electron chi connectivity index (χ3n) is 2.58. The van der Waals surface area contributed by atoms with E-state index in [1.54, 1.807) is 24.3 Å². The molecule has 0 radical (unpaired) electrons. The number of anilines is 1. The van der Waals surface area contributed by atoms with Crippen molar-refractivity contribution in [2.24, 2.45) is 0 Å². The molecule has 2 rings (SSSR count). The first kappa shape index (κ1) is 15.3. The molecule has 0 saturated heterocycles. The average molecular weight is 377 g/mol. The summed E-state index contributed by atoms with van der Waals surface area (Å²) >= 11 is 9.18. The van der Waals surface area contributed by atoms with Crippen LogP contribution < -0.4 is 4.72 Å². The highest BCUT2D eigenvalue weighted by Gasteiger charge is 2.15. The molecule has 0 aliphatic rings. The van der Waals surface area contributed by atoms with Crippen LogP contribution in [-0.2, 0) is 16.6 Å². The molecule has 2 aromatic rings. The fourth-order valence-corrected chi connectivity index (χ4v) is 3.37. The smallest absolute Gasteiger partial charge is 0.261 e. The zero-order valence-electron chi connectivity index (χ0n) is 10.2. The minimum atomic E-state index is -3.71. The Kier molecular flexibility index (Phi) is 4.70. The van der Waals surface area contributed by atoms with Crippen LogP contribution in [0.25, 0.3) is 0 Å². The molecule has 0 aliphatic heterocycles. The Morgan fingerprint density at radius 1 is 1.20 bits per heavy atom. The van der Waals surface area contributed by atoms with E-state index in [0.29, 0.717) is 11.3 Å². The lowest BCUT2D eigenvalue weighted by atomic mass is 10.2. The monoisotopic (exact) mass is 375 g/mol. The van der Waals surface area contributed by atoms with E-state index in [2.05, 4.69) is 20.7 Å². The first-order valence-electron chi connectivity index (χ1n) is 5.60. The summed E-state index contributed by atoms with van der Waals surface area (Å²) in [4.78, 5) is 0.0414. The van der Waals surface area contributed by atoms with E-state index in [9.17, 15) is 8.42 Å². The van der Waals surface area contributed by atoms with Crippen molar-refractivity contribution in [1.82, 2.24) is 0 Å². The van der Waals surface area contributed by atoms with E-state index in [1.165, 1.54) is 18.2 Å². The molecule has 0 unspecified atom stereocenters. The minimum Gasteiger partial charge on any atom is -0.392 e. The predicted octanol–water partition coefficient (Wildman–Crippen LogP) is 3.40. The fourth-order valence-electron chi connectivity index (χ4n) is 1.59. The molecule has 0 aliphatic carbocycles. The first-order valence-corrected chi connectivity index (χ1v) is 8.25. The highest BCUT2D eigenvalue weighted by atomic mass is 79.9. The van der Waals surface area contributed by atoms with Gasteiger partial charge in [-0.15, -0.1) is 0 Å². The number of hydrogen-bond donors (Lipinski definition) is 2. The van der Waals surface area contributed by atoms with Crippen molar-refractivity contribution in [3.63, 3.8) is 0 Å². The SMILES string of the molecule is O=S(=O)(Nc1cccc(Br)c1)c1ccc(CO)c(Cl)c1. The second-order valence-electron chi connectivity index (χ2n) is 4.03.